The molecule has 0 saturated heterocycles. The van der Waals surface area contributed by atoms with Crippen molar-refractivity contribution < 1.29 is 12.8 Å². The largest absolute Gasteiger partial charge is 0.398 e. The summed E-state index contributed by atoms with van der Waals surface area (Å²) in [5.74, 6) is -0.527. The van der Waals surface area contributed by atoms with Crippen LogP contribution in [0.5, 0.6) is 0 Å². The molecule has 0 aliphatic rings. The lowest BCUT2D eigenvalue weighted by Crippen LogP contribution is -2.16. The first-order valence-electron chi connectivity index (χ1n) is 5.74. The number of nitrogens with two attached hydrogens (primary N) is 1. The number of rotatable bonds is 3. The first kappa shape index (κ1) is 16.3. The van der Waals surface area contributed by atoms with Crippen LogP contribution in [0.1, 0.15) is 5.56 Å². The van der Waals surface area contributed by atoms with Gasteiger partial charge in [0.1, 0.15) is 10.7 Å². The van der Waals surface area contributed by atoms with E-state index in [4.69, 9.17) is 5.73 Å². The molecule has 0 radical (unpaired) electrons. The Hall–Kier alpha value is -1.12. The van der Waals surface area contributed by atoms with Gasteiger partial charge >= 0.3 is 0 Å². The van der Waals surface area contributed by atoms with Gasteiger partial charge in [-0.05, 0) is 52.7 Å². The van der Waals surface area contributed by atoms with Crippen LogP contribution in [0.3, 0.4) is 0 Å². The first-order valence-corrected chi connectivity index (χ1v) is 8.81. The summed E-state index contributed by atoms with van der Waals surface area (Å²) in [5, 5.41) is 0. The molecule has 0 atom stereocenters. The predicted octanol–water partition coefficient (Wildman–Crippen LogP) is 4.04. The smallest absolute Gasteiger partial charge is 0.265 e. The fourth-order valence-corrected chi connectivity index (χ4v) is 4.96. The summed E-state index contributed by atoms with van der Waals surface area (Å²) in [6, 6.07) is 6.93. The molecule has 2 aromatic carbocycles. The summed E-state index contributed by atoms with van der Waals surface area (Å²) in [6.45, 7) is 1.68. The zero-order valence-electron chi connectivity index (χ0n) is 10.8. The van der Waals surface area contributed by atoms with Gasteiger partial charge in [-0.2, -0.15) is 0 Å². The summed E-state index contributed by atoms with van der Waals surface area (Å²) in [6.07, 6.45) is 0. The highest BCUT2D eigenvalue weighted by Crippen LogP contribution is 2.33. The van der Waals surface area contributed by atoms with Crippen LogP contribution in [0.25, 0.3) is 0 Å². The molecule has 0 aliphatic carbocycles. The van der Waals surface area contributed by atoms with Crippen molar-refractivity contribution in [3.8, 4) is 0 Å². The number of benzene rings is 2. The van der Waals surface area contributed by atoms with E-state index in [0.717, 1.165) is 6.07 Å². The van der Waals surface area contributed by atoms with Crippen LogP contribution in [-0.2, 0) is 10.0 Å². The van der Waals surface area contributed by atoms with Gasteiger partial charge in [0.05, 0.1) is 11.4 Å². The fourth-order valence-electron chi connectivity index (χ4n) is 1.76. The van der Waals surface area contributed by atoms with E-state index < -0.39 is 15.8 Å². The van der Waals surface area contributed by atoms with E-state index in [1.54, 1.807) is 13.0 Å². The van der Waals surface area contributed by atoms with Crippen molar-refractivity contribution in [1.29, 1.82) is 0 Å². The second-order valence-corrected chi connectivity index (χ2v) is 7.76. The molecule has 4 nitrogen and oxygen atoms in total. The summed E-state index contributed by atoms with van der Waals surface area (Å²) >= 11 is 6.40. The molecule has 0 saturated carbocycles. The summed E-state index contributed by atoms with van der Waals surface area (Å²) < 4.78 is 41.5. The van der Waals surface area contributed by atoms with E-state index in [2.05, 4.69) is 36.6 Å². The third-order valence-electron chi connectivity index (χ3n) is 2.75. The van der Waals surface area contributed by atoms with Gasteiger partial charge in [-0.3, -0.25) is 4.72 Å². The van der Waals surface area contributed by atoms with Crippen molar-refractivity contribution in [2.45, 2.75) is 11.8 Å². The van der Waals surface area contributed by atoms with Gasteiger partial charge in [0.25, 0.3) is 10.0 Å². The standard InChI is InChI=1S/C13H11Br2FN2O2S/c1-7-2-3-9(16)6-12(7)18-21(19,20)13-10(15)4-8(14)5-11(13)17/h2-6,18H,17H2,1H3. The molecule has 0 fully saturated rings. The van der Waals surface area contributed by atoms with Gasteiger partial charge in [-0.1, -0.05) is 22.0 Å². The van der Waals surface area contributed by atoms with E-state index >= 15 is 0 Å². The number of hydrogen-bond donors (Lipinski definition) is 2. The van der Waals surface area contributed by atoms with Gasteiger partial charge in [-0.25, -0.2) is 12.8 Å². The summed E-state index contributed by atoms with van der Waals surface area (Å²) in [4.78, 5) is -0.0886. The Bertz CT molecular complexity index is 787. The zero-order chi connectivity index (χ0) is 15.8. The van der Waals surface area contributed by atoms with Crippen molar-refractivity contribution in [3.05, 3.63) is 50.7 Å². The van der Waals surface area contributed by atoms with Crippen LogP contribution >= 0.6 is 31.9 Å². The molecule has 21 heavy (non-hydrogen) atoms. The average Bonchev–Trinajstić information content (AvgIpc) is 2.31. The van der Waals surface area contributed by atoms with Crippen LogP contribution in [0.4, 0.5) is 15.8 Å². The van der Waals surface area contributed by atoms with Crippen molar-refractivity contribution in [1.82, 2.24) is 0 Å². The highest BCUT2D eigenvalue weighted by atomic mass is 79.9. The van der Waals surface area contributed by atoms with Gasteiger partial charge < -0.3 is 5.73 Å². The van der Waals surface area contributed by atoms with Crippen molar-refractivity contribution in [2.24, 2.45) is 0 Å². The lowest BCUT2D eigenvalue weighted by atomic mass is 10.2. The second-order valence-electron chi connectivity index (χ2n) is 4.37. The number of nitrogens with one attached hydrogen (secondary N) is 1. The third-order valence-corrected chi connectivity index (χ3v) is 5.58. The Kier molecular flexibility index (Phi) is 4.60. The first-order chi connectivity index (χ1) is 9.70. The Morgan fingerprint density at radius 2 is 1.86 bits per heavy atom. The van der Waals surface area contributed by atoms with Crippen LogP contribution < -0.4 is 10.5 Å². The molecule has 0 aliphatic heterocycles. The maximum absolute atomic E-state index is 13.3. The monoisotopic (exact) mass is 436 g/mol. The fraction of sp³-hybridized carbons (Fsp3) is 0.0769. The molecular weight excluding hydrogens is 427 g/mol. The molecule has 0 heterocycles. The quantitative estimate of drug-likeness (QED) is 0.711. The Morgan fingerprint density at radius 1 is 1.19 bits per heavy atom. The zero-order valence-corrected chi connectivity index (χ0v) is 14.8. The van der Waals surface area contributed by atoms with Gasteiger partial charge in [0.15, 0.2) is 0 Å². The third kappa shape index (κ3) is 3.56. The molecule has 0 unspecified atom stereocenters. The maximum Gasteiger partial charge on any atom is 0.265 e. The molecular formula is C13H11Br2FN2O2S. The van der Waals surface area contributed by atoms with Crippen LogP contribution in [0.15, 0.2) is 44.2 Å². The topological polar surface area (TPSA) is 72.2 Å². The Morgan fingerprint density at radius 3 is 2.48 bits per heavy atom. The van der Waals surface area contributed by atoms with E-state index in [1.807, 2.05) is 0 Å². The van der Waals surface area contributed by atoms with E-state index in [1.165, 1.54) is 18.2 Å². The molecule has 2 aromatic rings. The molecule has 0 amide bonds. The minimum absolute atomic E-state index is 0.0813. The molecule has 2 rings (SSSR count). The normalized spacial score (nSPS) is 11.4. The summed E-state index contributed by atoms with van der Waals surface area (Å²) in [5.41, 5.74) is 6.63. The van der Waals surface area contributed by atoms with Crippen molar-refractivity contribution in [3.63, 3.8) is 0 Å². The van der Waals surface area contributed by atoms with E-state index in [-0.39, 0.29) is 16.3 Å². The van der Waals surface area contributed by atoms with Crippen molar-refractivity contribution >= 4 is 53.3 Å². The number of hydrogen-bond acceptors (Lipinski definition) is 3. The second kappa shape index (κ2) is 5.94. The SMILES string of the molecule is Cc1ccc(F)cc1NS(=O)(=O)c1c(N)cc(Br)cc1Br. The average molecular weight is 438 g/mol. The number of sulfonamides is 1. The maximum atomic E-state index is 13.3. The highest BCUT2D eigenvalue weighted by Gasteiger charge is 2.22. The van der Waals surface area contributed by atoms with E-state index in [0.29, 0.717) is 14.5 Å². The van der Waals surface area contributed by atoms with Gasteiger partial charge in [0, 0.05) is 8.95 Å². The highest BCUT2D eigenvalue weighted by molar-refractivity contribution is 9.11. The van der Waals surface area contributed by atoms with Crippen LogP contribution in [0, 0.1) is 12.7 Å². The van der Waals surface area contributed by atoms with Crippen molar-refractivity contribution in [2.75, 3.05) is 10.5 Å². The lowest BCUT2D eigenvalue weighted by molar-refractivity contribution is 0.601. The molecule has 8 heteroatoms. The minimum Gasteiger partial charge on any atom is -0.398 e. The number of nitrogen functional groups attached to an aromatic ring is 1. The number of aryl methyl sites for hydroxylation is 1. The molecule has 0 aromatic heterocycles. The number of anilines is 2. The van der Waals surface area contributed by atoms with Crippen LogP contribution in [0.2, 0.25) is 0 Å². The van der Waals surface area contributed by atoms with Gasteiger partial charge in [-0.15, -0.1) is 0 Å². The molecule has 0 spiro atoms. The summed E-state index contributed by atoms with van der Waals surface area (Å²) in [7, 11) is -3.94. The van der Waals surface area contributed by atoms with Crippen LogP contribution in [-0.4, -0.2) is 8.42 Å². The predicted molar refractivity (Wildman–Crippen MR) is 88.2 cm³/mol. The lowest BCUT2D eigenvalue weighted by Gasteiger charge is -2.14. The molecule has 112 valence electrons. The Balaban J connectivity index is 2.51. The number of halogens is 3. The molecule has 3 N–H and O–H groups in total. The molecule has 0 bridgehead atoms. The van der Waals surface area contributed by atoms with E-state index in [9.17, 15) is 12.8 Å². The minimum atomic E-state index is -3.94. The van der Waals surface area contributed by atoms with Gasteiger partial charge in [0.2, 0.25) is 0 Å². The Labute approximate surface area is 138 Å².